The van der Waals surface area contributed by atoms with E-state index in [4.69, 9.17) is 4.42 Å². The molecule has 0 saturated heterocycles. The van der Waals surface area contributed by atoms with Gasteiger partial charge in [-0.25, -0.2) is 0 Å². The zero-order valence-corrected chi connectivity index (χ0v) is 12.4. The molecule has 2 rings (SSSR count). The lowest BCUT2D eigenvalue weighted by molar-refractivity contribution is -0.684. The van der Waals surface area contributed by atoms with E-state index in [0.717, 1.165) is 5.76 Å². The van der Waals surface area contributed by atoms with Crippen molar-refractivity contribution in [3.63, 3.8) is 0 Å². The van der Waals surface area contributed by atoms with Gasteiger partial charge in [-0.3, -0.25) is 14.9 Å². The maximum atomic E-state index is 12.0. The summed E-state index contributed by atoms with van der Waals surface area (Å²) in [7, 11) is 0. The predicted octanol–water partition coefficient (Wildman–Crippen LogP) is 1.76. The molecule has 7 nitrogen and oxygen atoms in total. The molecule has 0 aliphatic carbocycles. The summed E-state index contributed by atoms with van der Waals surface area (Å²) in [6.07, 6.45) is 1.60. The Bertz CT molecular complexity index is 667. The molecule has 0 fully saturated rings. The van der Waals surface area contributed by atoms with Gasteiger partial charge < -0.3 is 15.1 Å². The molecule has 1 amide bonds. The molecule has 22 heavy (non-hydrogen) atoms. The number of nitro benzene ring substituents is 1. The highest BCUT2D eigenvalue weighted by atomic mass is 16.6. The van der Waals surface area contributed by atoms with E-state index in [0.29, 0.717) is 11.3 Å². The van der Waals surface area contributed by atoms with E-state index in [1.807, 2.05) is 18.3 Å². The number of anilines is 1. The molecule has 1 aromatic heterocycles. The summed E-state index contributed by atoms with van der Waals surface area (Å²) in [4.78, 5) is 22.2. The summed E-state index contributed by atoms with van der Waals surface area (Å²) in [6, 6.07) is 8.06. The number of hydrogen-bond donors (Lipinski definition) is 2. The Hall–Kier alpha value is -2.67. The minimum Gasteiger partial charge on any atom is -0.463 e. The number of aryl methyl sites for hydroxylation is 1. The Morgan fingerprint density at radius 3 is 2.82 bits per heavy atom. The van der Waals surface area contributed by atoms with Crippen LogP contribution in [-0.2, 0) is 4.79 Å². The van der Waals surface area contributed by atoms with Crippen LogP contribution < -0.4 is 10.6 Å². The minimum absolute atomic E-state index is 0.00787. The number of hydrogen-bond acceptors (Lipinski definition) is 4. The van der Waals surface area contributed by atoms with Crippen LogP contribution in [0.3, 0.4) is 0 Å². The van der Waals surface area contributed by atoms with Crippen LogP contribution in [0.5, 0.6) is 0 Å². The van der Waals surface area contributed by atoms with Gasteiger partial charge in [0.2, 0.25) is 0 Å². The van der Waals surface area contributed by atoms with Gasteiger partial charge in [0.05, 0.1) is 11.2 Å². The number of nitro groups is 1. The molecule has 1 atom stereocenters. The molecule has 0 aliphatic heterocycles. The van der Waals surface area contributed by atoms with Crippen molar-refractivity contribution in [2.75, 3.05) is 11.9 Å². The second-order valence-electron chi connectivity index (χ2n) is 5.05. The lowest BCUT2D eigenvalue weighted by atomic mass is 10.2. The number of furan rings is 1. The van der Waals surface area contributed by atoms with Crippen molar-refractivity contribution in [3.8, 4) is 0 Å². The summed E-state index contributed by atoms with van der Waals surface area (Å²) in [5.41, 5.74) is 1.24. The monoisotopic (exact) mass is 304 g/mol. The third-order valence-electron chi connectivity index (χ3n) is 3.34. The van der Waals surface area contributed by atoms with Gasteiger partial charge in [-0.15, -0.1) is 0 Å². The van der Waals surface area contributed by atoms with Gasteiger partial charge in [-0.1, -0.05) is 0 Å². The van der Waals surface area contributed by atoms with Crippen LogP contribution >= 0.6 is 0 Å². The second kappa shape index (κ2) is 6.86. The summed E-state index contributed by atoms with van der Waals surface area (Å²) >= 11 is 0. The summed E-state index contributed by atoms with van der Waals surface area (Å²) < 4.78 is 5.27. The van der Waals surface area contributed by atoms with Crippen molar-refractivity contribution in [1.29, 1.82) is 0 Å². The molecular formula is C15H18N3O4+. The number of quaternary nitrogens is 1. The van der Waals surface area contributed by atoms with Crippen LogP contribution in [0, 0.1) is 17.0 Å². The van der Waals surface area contributed by atoms with E-state index >= 15 is 0 Å². The van der Waals surface area contributed by atoms with Crippen molar-refractivity contribution in [3.05, 3.63) is 58.0 Å². The van der Waals surface area contributed by atoms with E-state index in [2.05, 4.69) is 5.32 Å². The molecule has 0 spiro atoms. The first-order valence-corrected chi connectivity index (χ1v) is 6.89. The van der Waals surface area contributed by atoms with Crippen LogP contribution in [-0.4, -0.2) is 17.4 Å². The number of amides is 1. The van der Waals surface area contributed by atoms with Crippen LogP contribution in [0.4, 0.5) is 11.4 Å². The lowest BCUT2D eigenvalue weighted by Gasteiger charge is -2.10. The van der Waals surface area contributed by atoms with Crippen LogP contribution in [0.25, 0.3) is 0 Å². The van der Waals surface area contributed by atoms with Gasteiger partial charge in [-0.2, -0.15) is 0 Å². The molecule has 0 saturated carbocycles. The fourth-order valence-electron chi connectivity index (χ4n) is 2.05. The third kappa shape index (κ3) is 3.92. The Balaban J connectivity index is 1.91. The Morgan fingerprint density at radius 2 is 2.23 bits per heavy atom. The predicted molar refractivity (Wildman–Crippen MR) is 80.4 cm³/mol. The molecule has 0 unspecified atom stereocenters. The van der Waals surface area contributed by atoms with E-state index < -0.39 is 4.92 Å². The molecule has 1 aromatic carbocycles. The number of nitrogens with two attached hydrogens (primary N) is 1. The van der Waals surface area contributed by atoms with Gasteiger partial charge in [0, 0.05) is 17.8 Å². The first-order valence-electron chi connectivity index (χ1n) is 6.89. The highest BCUT2D eigenvalue weighted by Gasteiger charge is 2.15. The van der Waals surface area contributed by atoms with Gasteiger partial charge in [-0.05, 0) is 37.6 Å². The Morgan fingerprint density at radius 1 is 1.45 bits per heavy atom. The summed E-state index contributed by atoms with van der Waals surface area (Å²) in [5, 5.41) is 15.3. The quantitative estimate of drug-likeness (QED) is 0.627. The Labute approximate surface area is 127 Å². The van der Waals surface area contributed by atoms with Crippen molar-refractivity contribution < 1.29 is 19.5 Å². The molecule has 7 heteroatoms. The third-order valence-corrected chi connectivity index (χ3v) is 3.34. The molecule has 1 heterocycles. The molecule has 0 bridgehead atoms. The second-order valence-corrected chi connectivity index (χ2v) is 5.05. The number of rotatable bonds is 6. The van der Waals surface area contributed by atoms with E-state index in [1.54, 1.807) is 25.3 Å². The SMILES string of the molecule is Cc1cc([N+](=O)[O-])ccc1NC(=O)C[NH2+][C@@H](C)c1ccco1. The molecular weight excluding hydrogens is 286 g/mol. The largest absolute Gasteiger partial charge is 0.463 e. The van der Waals surface area contributed by atoms with Gasteiger partial charge in [0.25, 0.3) is 11.6 Å². The highest BCUT2D eigenvalue weighted by Crippen LogP contribution is 2.20. The standard InChI is InChI=1S/C15H17N3O4/c1-10-8-12(18(20)21)5-6-13(10)17-15(19)9-16-11(2)14-4-3-7-22-14/h3-8,11,16H,9H2,1-2H3,(H,17,19)/p+1/t11-/m0/s1. The molecule has 0 aliphatic rings. The van der Waals surface area contributed by atoms with E-state index in [-0.39, 0.29) is 24.2 Å². The van der Waals surface area contributed by atoms with E-state index in [1.165, 1.54) is 12.1 Å². The smallest absolute Gasteiger partial charge is 0.279 e. The first kappa shape index (κ1) is 15.7. The summed E-state index contributed by atoms with van der Waals surface area (Å²) in [6.45, 7) is 3.90. The van der Waals surface area contributed by atoms with Crippen molar-refractivity contribution in [2.24, 2.45) is 0 Å². The molecule has 3 N–H and O–H groups in total. The minimum atomic E-state index is -0.461. The topological polar surface area (TPSA) is 102 Å². The average Bonchev–Trinajstić information content (AvgIpc) is 3.01. The molecule has 0 radical (unpaired) electrons. The zero-order chi connectivity index (χ0) is 16.1. The Kier molecular flexibility index (Phi) is 4.90. The van der Waals surface area contributed by atoms with Crippen LogP contribution in [0.15, 0.2) is 41.0 Å². The fourth-order valence-corrected chi connectivity index (χ4v) is 2.05. The number of non-ortho nitro benzene ring substituents is 1. The molecule has 2 aromatic rings. The van der Waals surface area contributed by atoms with Gasteiger partial charge >= 0.3 is 0 Å². The van der Waals surface area contributed by atoms with E-state index in [9.17, 15) is 14.9 Å². The number of nitrogens with one attached hydrogen (secondary N) is 1. The van der Waals surface area contributed by atoms with Crippen LogP contribution in [0.2, 0.25) is 0 Å². The average molecular weight is 304 g/mol. The van der Waals surface area contributed by atoms with Crippen LogP contribution in [0.1, 0.15) is 24.3 Å². The fraction of sp³-hybridized carbons (Fsp3) is 0.267. The zero-order valence-electron chi connectivity index (χ0n) is 12.4. The number of carbonyl (C=O) groups is 1. The maximum Gasteiger partial charge on any atom is 0.279 e. The molecule has 116 valence electrons. The number of nitrogens with zero attached hydrogens (tertiary/aromatic N) is 1. The normalized spacial score (nSPS) is 11.9. The van der Waals surface area contributed by atoms with Crippen molar-refractivity contribution in [1.82, 2.24) is 0 Å². The van der Waals surface area contributed by atoms with Crippen molar-refractivity contribution in [2.45, 2.75) is 19.9 Å². The maximum absolute atomic E-state index is 12.0. The van der Waals surface area contributed by atoms with Gasteiger partial charge in [0.1, 0.15) is 6.04 Å². The van der Waals surface area contributed by atoms with Gasteiger partial charge in [0.15, 0.2) is 12.3 Å². The van der Waals surface area contributed by atoms with Crippen molar-refractivity contribution >= 4 is 17.3 Å². The number of benzene rings is 1. The summed E-state index contributed by atoms with van der Waals surface area (Å²) in [5.74, 6) is 0.634. The number of carbonyl (C=O) groups excluding carboxylic acids is 1. The highest BCUT2D eigenvalue weighted by molar-refractivity contribution is 5.92. The first-order chi connectivity index (χ1) is 10.5. The lowest BCUT2D eigenvalue weighted by Crippen LogP contribution is -2.86.